The van der Waals surface area contributed by atoms with E-state index in [1.54, 1.807) is 19.1 Å². The van der Waals surface area contributed by atoms with Crippen LogP contribution in [-0.4, -0.2) is 38.7 Å². The summed E-state index contributed by atoms with van der Waals surface area (Å²) in [4.78, 5) is 18.9. The first-order valence-electron chi connectivity index (χ1n) is 8.19. The van der Waals surface area contributed by atoms with Gasteiger partial charge in [-0.05, 0) is 51.8 Å². The maximum Gasteiger partial charge on any atom is 0.272 e. The zero-order valence-electron chi connectivity index (χ0n) is 14.3. The maximum absolute atomic E-state index is 12.8. The Kier molecular flexibility index (Phi) is 4.34. The van der Waals surface area contributed by atoms with Crippen molar-refractivity contribution < 1.29 is 4.79 Å². The van der Waals surface area contributed by atoms with Gasteiger partial charge >= 0.3 is 0 Å². The Morgan fingerprint density at radius 1 is 1.33 bits per heavy atom. The number of carbonyl (C=O) groups is 1. The Hall–Kier alpha value is -2.68. The number of aryl methyl sites for hydroxylation is 3. The number of hydrogen-bond acceptors (Lipinski definition) is 4. The Balaban J connectivity index is 1.79. The zero-order chi connectivity index (χ0) is 17.3. The van der Waals surface area contributed by atoms with E-state index in [0.717, 1.165) is 30.8 Å². The summed E-state index contributed by atoms with van der Waals surface area (Å²) < 4.78 is 2.03. The molecular weight excluding hydrogens is 302 g/mol. The van der Waals surface area contributed by atoms with Crippen molar-refractivity contribution in [1.29, 1.82) is 5.26 Å². The molecule has 3 heterocycles. The van der Waals surface area contributed by atoms with Gasteiger partial charge in [-0.25, -0.2) is 4.98 Å². The zero-order valence-corrected chi connectivity index (χ0v) is 14.3. The molecule has 124 valence electrons. The number of carbonyl (C=O) groups excluding carboxylic acids is 1. The highest BCUT2D eigenvalue weighted by molar-refractivity contribution is 5.92. The summed E-state index contributed by atoms with van der Waals surface area (Å²) in [5.41, 5.74) is 3.63. The van der Waals surface area contributed by atoms with E-state index in [2.05, 4.69) is 22.2 Å². The van der Waals surface area contributed by atoms with Gasteiger partial charge in [-0.15, -0.1) is 0 Å². The van der Waals surface area contributed by atoms with Crippen LogP contribution in [0.2, 0.25) is 0 Å². The minimum absolute atomic E-state index is 0.0752. The monoisotopic (exact) mass is 323 g/mol. The molecule has 1 aliphatic rings. The highest BCUT2D eigenvalue weighted by Gasteiger charge is 2.27. The number of likely N-dealkylation sites (tertiary alicyclic amines) is 1. The van der Waals surface area contributed by atoms with Gasteiger partial charge in [0.25, 0.3) is 5.91 Å². The van der Waals surface area contributed by atoms with Gasteiger partial charge in [0.2, 0.25) is 0 Å². The van der Waals surface area contributed by atoms with Gasteiger partial charge in [0, 0.05) is 18.8 Å². The predicted molar refractivity (Wildman–Crippen MR) is 89.6 cm³/mol. The van der Waals surface area contributed by atoms with Crippen molar-refractivity contribution in [2.75, 3.05) is 13.1 Å². The van der Waals surface area contributed by atoms with E-state index >= 15 is 0 Å². The van der Waals surface area contributed by atoms with Crippen LogP contribution in [0.15, 0.2) is 18.2 Å². The van der Waals surface area contributed by atoms with E-state index in [0.29, 0.717) is 23.5 Å². The second-order valence-corrected chi connectivity index (χ2v) is 6.36. The lowest BCUT2D eigenvalue weighted by Crippen LogP contribution is -2.41. The summed E-state index contributed by atoms with van der Waals surface area (Å²) in [6, 6.07) is 7.65. The largest absolute Gasteiger partial charge is 0.335 e. The van der Waals surface area contributed by atoms with Crippen LogP contribution >= 0.6 is 0 Å². The first-order valence-corrected chi connectivity index (χ1v) is 8.19. The first kappa shape index (κ1) is 16.2. The van der Waals surface area contributed by atoms with E-state index in [1.165, 1.54) is 0 Å². The van der Waals surface area contributed by atoms with Crippen molar-refractivity contribution in [1.82, 2.24) is 19.7 Å². The van der Waals surface area contributed by atoms with Gasteiger partial charge in [0.05, 0.1) is 23.0 Å². The topological polar surface area (TPSA) is 74.8 Å². The van der Waals surface area contributed by atoms with Gasteiger partial charge in [0.1, 0.15) is 11.8 Å². The van der Waals surface area contributed by atoms with Crippen LogP contribution in [0.3, 0.4) is 0 Å². The standard InChI is InChI=1S/C18H21N5O/c1-12-9-13(2)23(21-12)16-5-4-8-22(11-16)18(24)17-7-6-15(10-19)14(3)20-17/h6-7,9,16H,4-5,8,11H2,1-3H3. The second kappa shape index (κ2) is 6.44. The molecule has 1 unspecified atom stereocenters. The lowest BCUT2D eigenvalue weighted by atomic mass is 10.0. The molecule has 1 fully saturated rings. The summed E-state index contributed by atoms with van der Waals surface area (Å²) in [6.07, 6.45) is 1.97. The minimum Gasteiger partial charge on any atom is -0.335 e. The Bertz CT molecular complexity index is 817. The summed E-state index contributed by atoms with van der Waals surface area (Å²) in [5, 5.41) is 13.6. The van der Waals surface area contributed by atoms with Crippen molar-refractivity contribution in [2.45, 2.75) is 39.7 Å². The van der Waals surface area contributed by atoms with Crippen molar-refractivity contribution in [2.24, 2.45) is 0 Å². The molecule has 0 radical (unpaired) electrons. The molecule has 0 saturated carbocycles. The molecule has 1 amide bonds. The van der Waals surface area contributed by atoms with Crippen molar-refractivity contribution in [3.8, 4) is 6.07 Å². The van der Waals surface area contributed by atoms with E-state index < -0.39 is 0 Å². The molecule has 2 aromatic heterocycles. The molecular formula is C18H21N5O. The highest BCUT2D eigenvalue weighted by Crippen LogP contribution is 2.24. The van der Waals surface area contributed by atoms with E-state index in [9.17, 15) is 4.79 Å². The molecule has 1 aliphatic heterocycles. The molecule has 0 spiro atoms. The third kappa shape index (κ3) is 3.02. The molecule has 2 aromatic rings. The van der Waals surface area contributed by atoms with Crippen LogP contribution in [0.25, 0.3) is 0 Å². The number of pyridine rings is 1. The molecule has 0 aromatic carbocycles. The Morgan fingerprint density at radius 2 is 2.12 bits per heavy atom. The molecule has 1 atom stereocenters. The molecule has 6 nitrogen and oxygen atoms in total. The van der Waals surface area contributed by atoms with Crippen LogP contribution in [0.5, 0.6) is 0 Å². The summed E-state index contributed by atoms with van der Waals surface area (Å²) >= 11 is 0. The maximum atomic E-state index is 12.8. The van der Waals surface area contributed by atoms with Crippen LogP contribution in [0.1, 0.15) is 52.0 Å². The third-order valence-corrected chi connectivity index (χ3v) is 4.50. The molecule has 0 N–H and O–H groups in total. The number of nitriles is 1. The van der Waals surface area contributed by atoms with Crippen molar-refractivity contribution in [3.63, 3.8) is 0 Å². The molecule has 0 bridgehead atoms. The minimum atomic E-state index is -0.0752. The molecule has 3 rings (SSSR count). The van der Waals surface area contributed by atoms with Gasteiger partial charge in [-0.1, -0.05) is 0 Å². The van der Waals surface area contributed by atoms with Crippen LogP contribution in [-0.2, 0) is 0 Å². The third-order valence-electron chi connectivity index (χ3n) is 4.50. The summed E-state index contributed by atoms with van der Waals surface area (Å²) in [6.45, 7) is 7.16. The van der Waals surface area contributed by atoms with Crippen molar-refractivity contribution in [3.05, 3.63) is 46.5 Å². The average molecular weight is 323 g/mol. The molecule has 1 saturated heterocycles. The van der Waals surface area contributed by atoms with E-state index in [-0.39, 0.29) is 11.9 Å². The number of nitrogens with zero attached hydrogens (tertiary/aromatic N) is 5. The van der Waals surface area contributed by atoms with Gasteiger partial charge < -0.3 is 4.90 Å². The Morgan fingerprint density at radius 3 is 2.75 bits per heavy atom. The normalized spacial score (nSPS) is 17.6. The number of rotatable bonds is 2. The Labute approximate surface area is 141 Å². The fourth-order valence-corrected chi connectivity index (χ4v) is 3.31. The lowest BCUT2D eigenvalue weighted by molar-refractivity contribution is 0.0665. The van der Waals surface area contributed by atoms with Crippen LogP contribution in [0.4, 0.5) is 0 Å². The fraction of sp³-hybridized carbons (Fsp3) is 0.444. The van der Waals surface area contributed by atoms with Gasteiger partial charge in [-0.2, -0.15) is 10.4 Å². The van der Waals surface area contributed by atoms with E-state index in [1.807, 2.05) is 23.4 Å². The first-order chi connectivity index (χ1) is 11.5. The lowest BCUT2D eigenvalue weighted by Gasteiger charge is -2.33. The molecule has 0 aliphatic carbocycles. The average Bonchev–Trinajstić information content (AvgIpc) is 2.92. The van der Waals surface area contributed by atoms with E-state index in [4.69, 9.17) is 5.26 Å². The smallest absolute Gasteiger partial charge is 0.272 e. The van der Waals surface area contributed by atoms with Gasteiger partial charge in [-0.3, -0.25) is 9.48 Å². The number of hydrogen-bond donors (Lipinski definition) is 0. The summed E-state index contributed by atoms with van der Waals surface area (Å²) in [7, 11) is 0. The fourth-order valence-electron chi connectivity index (χ4n) is 3.31. The molecule has 6 heteroatoms. The predicted octanol–water partition coefficient (Wildman–Crippen LogP) is 2.55. The number of aromatic nitrogens is 3. The summed E-state index contributed by atoms with van der Waals surface area (Å²) in [5.74, 6) is -0.0752. The molecule has 24 heavy (non-hydrogen) atoms. The number of amides is 1. The van der Waals surface area contributed by atoms with Crippen molar-refractivity contribution >= 4 is 5.91 Å². The highest BCUT2D eigenvalue weighted by atomic mass is 16.2. The number of piperidine rings is 1. The van der Waals surface area contributed by atoms with Crippen LogP contribution < -0.4 is 0 Å². The quantitative estimate of drug-likeness (QED) is 0.851. The SMILES string of the molecule is Cc1cc(C)n(C2CCCN(C(=O)c3ccc(C#N)c(C)n3)C2)n1. The van der Waals surface area contributed by atoms with Crippen LogP contribution in [0, 0.1) is 32.1 Å². The second-order valence-electron chi connectivity index (χ2n) is 6.36. The van der Waals surface area contributed by atoms with Gasteiger partial charge in [0.15, 0.2) is 0 Å².